The van der Waals surface area contributed by atoms with Gasteiger partial charge >= 0.3 is 6.03 Å². The zero-order valence-corrected chi connectivity index (χ0v) is 8.60. The van der Waals surface area contributed by atoms with Gasteiger partial charge < -0.3 is 4.52 Å². The topological polar surface area (TPSA) is 75.4 Å². The number of carbonyl (C=O) groups is 2. The molecule has 1 saturated carbocycles. The molecule has 1 saturated heterocycles. The zero-order valence-electron chi connectivity index (χ0n) is 8.60. The molecule has 2 fully saturated rings. The molecule has 1 aromatic rings. The smallest absolute Gasteiger partial charge is 0.330 e. The second kappa shape index (κ2) is 3.07. The van der Waals surface area contributed by atoms with Crippen molar-refractivity contribution in [1.82, 2.24) is 10.5 Å². The molecule has 6 heteroatoms. The molecule has 1 N–H and O–H groups in total. The Morgan fingerprint density at radius 3 is 2.75 bits per heavy atom. The molecule has 1 aromatic heterocycles. The molecule has 0 aromatic carbocycles. The number of nitrogens with zero attached hydrogens (tertiary/aromatic N) is 2. The van der Waals surface area contributed by atoms with E-state index in [-0.39, 0.29) is 5.91 Å². The highest BCUT2D eigenvalue weighted by atomic mass is 16.5. The number of nitrogens with one attached hydrogen (secondary N) is 1. The van der Waals surface area contributed by atoms with Crippen LogP contribution in [0.2, 0.25) is 0 Å². The largest absolute Gasteiger partial charge is 0.363 e. The third-order valence-corrected chi connectivity index (χ3v) is 3.36. The highest BCUT2D eigenvalue weighted by Gasteiger charge is 2.55. The van der Waals surface area contributed by atoms with Crippen LogP contribution in [0.1, 0.15) is 25.7 Å². The van der Waals surface area contributed by atoms with Crippen molar-refractivity contribution >= 4 is 17.8 Å². The van der Waals surface area contributed by atoms with Gasteiger partial charge in [-0.05, 0) is 12.8 Å². The maximum Gasteiger partial charge on any atom is 0.330 e. The summed E-state index contributed by atoms with van der Waals surface area (Å²) in [6.07, 6.45) is 4.69. The zero-order chi connectivity index (χ0) is 11.2. The number of aromatic nitrogens is 1. The summed E-state index contributed by atoms with van der Waals surface area (Å²) in [6.45, 7) is 0. The Labute approximate surface area is 91.6 Å². The van der Waals surface area contributed by atoms with Crippen LogP contribution < -0.4 is 10.2 Å². The standard InChI is InChI=1S/C10H11N3O3/c14-8-10(4-1-2-5-10)13(9(15)11-8)7-3-6-16-12-7/h3,6H,1-2,4-5H2,(H,11,14,15). The molecule has 0 bridgehead atoms. The first-order valence-electron chi connectivity index (χ1n) is 5.30. The number of hydrogen-bond donors (Lipinski definition) is 1. The highest BCUT2D eigenvalue weighted by Crippen LogP contribution is 2.40. The lowest BCUT2D eigenvalue weighted by Crippen LogP contribution is -2.47. The second-order valence-corrected chi connectivity index (χ2v) is 4.19. The number of rotatable bonds is 1. The number of amides is 3. The average Bonchev–Trinajstić information content (AvgIpc) is 2.91. The Morgan fingerprint density at radius 1 is 1.38 bits per heavy atom. The molecular weight excluding hydrogens is 210 g/mol. The Bertz CT molecular complexity index is 434. The van der Waals surface area contributed by atoms with Crippen LogP contribution in [0.15, 0.2) is 16.9 Å². The van der Waals surface area contributed by atoms with Crippen LogP contribution >= 0.6 is 0 Å². The molecule has 3 rings (SSSR count). The molecule has 0 atom stereocenters. The number of urea groups is 1. The Morgan fingerprint density at radius 2 is 2.12 bits per heavy atom. The van der Waals surface area contributed by atoms with E-state index < -0.39 is 11.6 Å². The quantitative estimate of drug-likeness (QED) is 0.719. The van der Waals surface area contributed by atoms with Gasteiger partial charge in [0.15, 0.2) is 5.82 Å². The van der Waals surface area contributed by atoms with Crippen LogP contribution in [0.4, 0.5) is 10.6 Å². The van der Waals surface area contributed by atoms with Gasteiger partial charge in [-0.2, -0.15) is 0 Å². The van der Waals surface area contributed by atoms with E-state index in [9.17, 15) is 9.59 Å². The minimum absolute atomic E-state index is 0.210. The Hall–Kier alpha value is -1.85. The van der Waals surface area contributed by atoms with Crippen molar-refractivity contribution in [2.45, 2.75) is 31.2 Å². The summed E-state index contributed by atoms with van der Waals surface area (Å²) in [5, 5.41) is 6.09. The third kappa shape index (κ3) is 1.04. The molecule has 1 aliphatic carbocycles. The number of imide groups is 1. The molecule has 84 valence electrons. The minimum Gasteiger partial charge on any atom is -0.363 e. The molecule has 1 aliphatic heterocycles. The van der Waals surface area contributed by atoms with E-state index in [0.717, 1.165) is 12.8 Å². The second-order valence-electron chi connectivity index (χ2n) is 4.19. The van der Waals surface area contributed by atoms with Crippen molar-refractivity contribution in [1.29, 1.82) is 0 Å². The summed E-state index contributed by atoms with van der Waals surface area (Å²) in [7, 11) is 0. The van der Waals surface area contributed by atoms with E-state index in [0.29, 0.717) is 18.7 Å². The first kappa shape index (κ1) is 9.38. The first-order valence-corrected chi connectivity index (χ1v) is 5.30. The first-order chi connectivity index (χ1) is 7.74. The number of anilines is 1. The molecule has 0 unspecified atom stereocenters. The van der Waals surface area contributed by atoms with Gasteiger partial charge in [0.2, 0.25) is 0 Å². The van der Waals surface area contributed by atoms with Crippen LogP contribution in [0, 0.1) is 0 Å². The van der Waals surface area contributed by atoms with Crippen LogP contribution in [-0.4, -0.2) is 22.6 Å². The van der Waals surface area contributed by atoms with Gasteiger partial charge in [0.1, 0.15) is 11.8 Å². The summed E-state index contributed by atoms with van der Waals surface area (Å²) < 4.78 is 4.73. The van der Waals surface area contributed by atoms with Crippen molar-refractivity contribution in [2.75, 3.05) is 4.90 Å². The van der Waals surface area contributed by atoms with Gasteiger partial charge in [-0.3, -0.25) is 15.0 Å². The Balaban J connectivity index is 2.07. The predicted octanol–water partition coefficient (Wildman–Crippen LogP) is 1.04. The minimum atomic E-state index is -0.728. The molecular formula is C10H11N3O3. The van der Waals surface area contributed by atoms with Gasteiger partial charge in [0, 0.05) is 6.07 Å². The van der Waals surface area contributed by atoms with Gasteiger partial charge in [-0.15, -0.1) is 0 Å². The van der Waals surface area contributed by atoms with Crippen LogP contribution in [-0.2, 0) is 4.79 Å². The fourth-order valence-corrected chi connectivity index (χ4v) is 2.62. The van der Waals surface area contributed by atoms with Gasteiger partial charge in [-0.25, -0.2) is 4.79 Å². The van der Waals surface area contributed by atoms with Crippen LogP contribution in [0.5, 0.6) is 0 Å². The summed E-state index contributed by atoms with van der Waals surface area (Å²) in [4.78, 5) is 25.1. The lowest BCUT2D eigenvalue weighted by atomic mass is 9.96. The summed E-state index contributed by atoms with van der Waals surface area (Å²) >= 11 is 0. The van der Waals surface area contributed by atoms with Crippen LogP contribution in [0.3, 0.4) is 0 Å². The molecule has 3 amide bonds. The van der Waals surface area contributed by atoms with Crippen molar-refractivity contribution in [3.8, 4) is 0 Å². The normalized spacial score (nSPS) is 23.1. The Kier molecular flexibility index (Phi) is 1.80. The van der Waals surface area contributed by atoms with Crippen molar-refractivity contribution in [3.63, 3.8) is 0 Å². The van der Waals surface area contributed by atoms with E-state index in [1.54, 1.807) is 6.07 Å². The van der Waals surface area contributed by atoms with E-state index in [2.05, 4.69) is 10.5 Å². The number of hydrogen-bond acceptors (Lipinski definition) is 4. The van der Waals surface area contributed by atoms with Crippen LogP contribution in [0.25, 0.3) is 0 Å². The third-order valence-electron chi connectivity index (χ3n) is 3.36. The summed E-state index contributed by atoms with van der Waals surface area (Å²) in [5.74, 6) is 0.197. The molecule has 2 aliphatic rings. The fraction of sp³-hybridized carbons (Fsp3) is 0.500. The molecule has 0 radical (unpaired) electrons. The average molecular weight is 221 g/mol. The van der Waals surface area contributed by atoms with E-state index in [4.69, 9.17) is 4.52 Å². The lowest BCUT2D eigenvalue weighted by molar-refractivity contribution is -0.123. The maximum atomic E-state index is 11.9. The fourth-order valence-electron chi connectivity index (χ4n) is 2.62. The van der Waals surface area contributed by atoms with Gasteiger partial charge in [-0.1, -0.05) is 18.0 Å². The SMILES string of the molecule is O=C1NC(=O)C2(CCCC2)N1c1ccon1. The highest BCUT2D eigenvalue weighted by molar-refractivity contribution is 6.16. The van der Waals surface area contributed by atoms with Gasteiger partial charge in [0.05, 0.1) is 0 Å². The lowest BCUT2D eigenvalue weighted by Gasteiger charge is -2.28. The molecule has 6 nitrogen and oxygen atoms in total. The van der Waals surface area contributed by atoms with Crippen molar-refractivity contribution in [2.24, 2.45) is 0 Å². The maximum absolute atomic E-state index is 11.9. The van der Waals surface area contributed by atoms with Crippen molar-refractivity contribution < 1.29 is 14.1 Å². The number of carbonyl (C=O) groups excluding carboxylic acids is 2. The molecule has 16 heavy (non-hydrogen) atoms. The summed E-state index contributed by atoms with van der Waals surface area (Å²) in [5.41, 5.74) is -0.728. The monoisotopic (exact) mass is 221 g/mol. The summed E-state index contributed by atoms with van der Waals surface area (Å²) in [6, 6.07) is 1.19. The van der Waals surface area contributed by atoms with Crippen molar-refractivity contribution in [3.05, 3.63) is 12.3 Å². The van der Waals surface area contributed by atoms with E-state index in [1.807, 2.05) is 0 Å². The molecule has 1 spiro atoms. The van der Waals surface area contributed by atoms with Gasteiger partial charge in [0.25, 0.3) is 5.91 Å². The van der Waals surface area contributed by atoms with E-state index in [1.165, 1.54) is 11.2 Å². The predicted molar refractivity (Wildman–Crippen MR) is 53.7 cm³/mol. The molecule has 2 heterocycles. The van der Waals surface area contributed by atoms with E-state index >= 15 is 0 Å².